The second-order valence-corrected chi connectivity index (χ2v) is 4.69. The highest BCUT2D eigenvalue weighted by Crippen LogP contribution is 2.38. The Bertz CT molecular complexity index is 571. The van der Waals surface area contributed by atoms with Gasteiger partial charge in [0.15, 0.2) is 0 Å². The Kier molecular flexibility index (Phi) is 2.45. The van der Waals surface area contributed by atoms with Gasteiger partial charge in [0.1, 0.15) is 11.8 Å². The molecule has 6 heteroatoms. The van der Waals surface area contributed by atoms with E-state index in [-0.39, 0.29) is 11.9 Å². The van der Waals surface area contributed by atoms with Crippen LogP contribution in [0.2, 0.25) is 5.02 Å². The molecule has 0 spiro atoms. The number of hydrogen-bond donors (Lipinski definition) is 1. The number of halogens is 1. The van der Waals surface area contributed by atoms with E-state index in [0.717, 1.165) is 11.3 Å². The molecule has 0 saturated carbocycles. The van der Waals surface area contributed by atoms with Crippen LogP contribution in [0.3, 0.4) is 0 Å². The fourth-order valence-electron chi connectivity index (χ4n) is 2.20. The van der Waals surface area contributed by atoms with Crippen molar-refractivity contribution in [1.29, 1.82) is 0 Å². The summed E-state index contributed by atoms with van der Waals surface area (Å²) in [5.41, 5.74) is 1.67. The average Bonchev–Trinajstić information content (AvgIpc) is 2.64. The van der Waals surface area contributed by atoms with Gasteiger partial charge in [0, 0.05) is 5.56 Å². The van der Waals surface area contributed by atoms with Gasteiger partial charge in [0.2, 0.25) is 11.9 Å². The summed E-state index contributed by atoms with van der Waals surface area (Å²) in [4.78, 5) is 17.9. The molecule has 1 atom stereocenters. The molecule has 1 N–H and O–H groups in total. The Morgan fingerprint density at radius 3 is 3.06 bits per heavy atom. The number of guanidine groups is 1. The lowest BCUT2D eigenvalue weighted by atomic mass is 10.1. The monoisotopic (exact) mass is 265 g/mol. The van der Waals surface area contributed by atoms with E-state index in [0.29, 0.717) is 23.3 Å². The Hall–Kier alpha value is -1.75. The minimum Gasteiger partial charge on any atom is -0.495 e. The third-order valence-corrected chi connectivity index (χ3v) is 3.73. The van der Waals surface area contributed by atoms with E-state index in [1.165, 1.54) is 0 Å². The van der Waals surface area contributed by atoms with E-state index in [4.69, 9.17) is 16.3 Å². The van der Waals surface area contributed by atoms with Crippen molar-refractivity contribution in [2.24, 2.45) is 4.99 Å². The molecule has 0 bridgehead atoms. The lowest BCUT2D eigenvalue weighted by Crippen LogP contribution is -2.35. The number of aliphatic imine (C=N–C) groups is 1. The summed E-state index contributed by atoms with van der Waals surface area (Å²) < 4.78 is 5.19. The number of methoxy groups -OCH3 is 1. The molecule has 0 unspecified atom stereocenters. The van der Waals surface area contributed by atoms with E-state index in [1.807, 2.05) is 17.9 Å². The molecule has 1 fully saturated rings. The van der Waals surface area contributed by atoms with E-state index < -0.39 is 0 Å². The third-order valence-electron chi connectivity index (χ3n) is 3.31. The van der Waals surface area contributed by atoms with Gasteiger partial charge >= 0.3 is 0 Å². The Labute approximate surface area is 109 Å². The van der Waals surface area contributed by atoms with Crippen LogP contribution in [0.4, 0.5) is 5.69 Å². The number of fused-ring (bicyclic) bond motifs is 2. The van der Waals surface area contributed by atoms with Crippen molar-refractivity contribution in [2.45, 2.75) is 19.5 Å². The molecule has 0 aliphatic carbocycles. The maximum Gasteiger partial charge on any atom is 0.249 e. The third kappa shape index (κ3) is 1.47. The van der Waals surface area contributed by atoms with Crippen molar-refractivity contribution in [3.05, 3.63) is 22.7 Å². The van der Waals surface area contributed by atoms with Crippen LogP contribution in [0.25, 0.3) is 0 Å². The number of amides is 1. The zero-order chi connectivity index (χ0) is 12.9. The molecule has 2 aliphatic heterocycles. The fourth-order valence-corrected chi connectivity index (χ4v) is 2.50. The summed E-state index contributed by atoms with van der Waals surface area (Å²) >= 11 is 6.28. The number of hydrogen-bond acceptors (Lipinski definition) is 4. The maximum absolute atomic E-state index is 11.6. The minimum atomic E-state index is -0.223. The summed E-state index contributed by atoms with van der Waals surface area (Å²) in [5.74, 6) is 1.19. The number of rotatable bonds is 1. The summed E-state index contributed by atoms with van der Waals surface area (Å²) in [7, 11) is 1.58. The summed E-state index contributed by atoms with van der Waals surface area (Å²) in [6, 6.07) is 3.40. The zero-order valence-electron chi connectivity index (χ0n) is 10.0. The quantitative estimate of drug-likeness (QED) is 0.840. The number of nitrogens with zero attached hydrogens (tertiary/aromatic N) is 2. The molecule has 94 valence electrons. The van der Waals surface area contributed by atoms with Crippen molar-refractivity contribution in [2.75, 3.05) is 7.11 Å². The van der Waals surface area contributed by atoms with Gasteiger partial charge in [-0.1, -0.05) is 11.6 Å². The lowest BCUT2D eigenvalue weighted by molar-refractivity contribution is -0.121. The van der Waals surface area contributed by atoms with Gasteiger partial charge in [-0.3, -0.25) is 10.1 Å². The first kappa shape index (κ1) is 11.3. The van der Waals surface area contributed by atoms with Crippen molar-refractivity contribution < 1.29 is 9.53 Å². The highest BCUT2D eigenvalue weighted by atomic mass is 35.5. The first-order valence-corrected chi connectivity index (χ1v) is 6.01. The van der Waals surface area contributed by atoms with Gasteiger partial charge in [0.25, 0.3) is 0 Å². The molecule has 2 aliphatic rings. The number of nitrogens with one attached hydrogen (secondary N) is 1. The van der Waals surface area contributed by atoms with Gasteiger partial charge in [-0.15, -0.1) is 0 Å². The number of carbonyl (C=O) groups excluding carboxylic acids is 1. The van der Waals surface area contributed by atoms with E-state index in [2.05, 4.69) is 10.3 Å². The van der Waals surface area contributed by atoms with Crippen LogP contribution < -0.4 is 10.1 Å². The van der Waals surface area contributed by atoms with Crippen LogP contribution in [0, 0.1) is 0 Å². The van der Waals surface area contributed by atoms with Crippen LogP contribution in [0.1, 0.15) is 12.5 Å². The van der Waals surface area contributed by atoms with Crippen LogP contribution in [-0.4, -0.2) is 29.9 Å². The van der Waals surface area contributed by atoms with E-state index in [9.17, 15) is 4.79 Å². The van der Waals surface area contributed by atoms with Crippen LogP contribution >= 0.6 is 11.6 Å². The Morgan fingerprint density at radius 2 is 2.33 bits per heavy atom. The lowest BCUT2D eigenvalue weighted by Gasteiger charge is -2.27. The van der Waals surface area contributed by atoms with Gasteiger partial charge < -0.3 is 9.64 Å². The van der Waals surface area contributed by atoms with E-state index >= 15 is 0 Å². The molecule has 1 saturated heterocycles. The van der Waals surface area contributed by atoms with Gasteiger partial charge in [-0.25, -0.2) is 4.99 Å². The second kappa shape index (κ2) is 3.88. The smallest absolute Gasteiger partial charge is 0.249 e. The van der Waals surface area contributed by atoms with Gasteiger partial charge in [-0.05, 0) is 19.1 Å². The van der Waals surface area contributed by atoms with Crippen LogP contribution in [-0.2, 0) is 11.3 Å². The standard InChI is InChI=1S/C12H12ClN3O2/c1-6-11(17)15-12-14-8-3-4-9(18-2)10(13)7(8)5-16(6)12/h3-4,6H,5H2,1-2H3,(H,14,15,17)/t6-/m0/s1. The predicted octanol–water partition coefficient (Wildman–Crippen LogP) is 1.67. The van der Waals surface area contributed by atoms with Gasteiger partial charge in [0.05, 0.1) is 24.4 Å². The molecule has 2 heterocycles. The summed E-state index contributed by atoms with van der Waals surface area (Å²) in [5, 5.41) is 3.32. The van der Waals surface area contributed by atoms with Crippen molar-refractivity contribution in [3.63, 3.8) is 0 Å². The molecular weight excluding hydrogens is 254 g/mol. The molecule has 1 amide bonds. The average molecular weight is 266 g/mol. The number of carbonyl (C=O) groups is 1. The van der Waals surface area contributed by atoms with E-state index in [1.54, 1.807) is 13.2 Å². The molecule has 5 nitrogen and oxygen atoms in total. The number of benzene rings is 1. The molecule has 1 aromatic carbocycles. The van der Waals surface area contributed by atoms with Crippen molar-refractivity contribution >= 4 is 29.2 Å². The fraction of sp³-hybridized carbons (Fsp3) is 0.333. The maximum atomic E-state index is 11.6. The summed E-state index contributed by atoms with van der Waals surface area (Å²) in [6.45, 7) is 2.40. The largest absolute Gasteiger partial charge is 0.495 e. The normalized spacial score (nSPS) is 21.1. The Morgan fingerprint density at radius 1 is 1.56 bits per heavy atom. The highest BCUT2D eigenvalue weighted by Gasteiger charge is 2.36. The number of ether oxygens (including phenoxy) is 1. The second-order valence-electron chi connectivity index (χ2n) is 4.31. The van der Waals surface area contributed by atoms with Crippen molar-refractivity contribution in [3.8, 4) is 5.75 Å². The first-order valence-electron chi connectivity index (χ1n) is 5.63. The molecule has 1 aromatic rings. The van der Waals surface area contributed by atoms with Crippen LogP contribution in [0.5, 0.6) is 5.75 Å². The van der Waals surface area contributed by atoms with Crippen LogP contribution in [0.15, 0.2) is 17.1 Å². The zero-order valence-corrected chi connectivity index (χ0v) is 10.8. The molecule has 0 aromatic heterocycles. The predicted molar refractivity (Wildman–Crippen MR) is 68.2 cm³/mol. The molecule has 3 rings (SSSR count). The SMILES string of the molecule is COc1ccc2c(c1Cl)CN1C(=N2)NC(=O)[C@@H]1C. The topological polar surface area (TPSA) is 53.9 Å². The highest BCUT2D eigenvalue weighted by molar-refractivity contribution is 6.33. The van der Waals surface area contributed by atoms with Crippen molar-refractivity contribution in [1.82, 2.24) is 10.2 Å². The minimum absolute atomic E-state index is 0.0374. The summed E-state index contributed by atoms with van der Waals surface area (Å²) in [6.07, 6.45) is 0. The van der Waals surface area contributed by atoms with Gasteiger partial charge in [-0.2, -0.15) is 0 Å². The Balaban J connectivity index is 2.09. The molecular formula is C12H12ClN3O2. The molecule has 18 heavy (non-hydrogen) atoms. The first-order chi connectivity index (χ1) is 8.61. The molecule has 0 radical (unpaired) electrons.